The van der Waals surface area contributed by atoms with Gasteiger partial charge in [-0.2, -0.15) is 10.2 Å². The zero-order chi connectivity index (χ0) is 16.8. The summed E-state index contributed by atoms with van der Waals surface area (Å²) in [6.07, 6.45) is 1.49. The molecule has 0 saturated carbocycles. The third-order valence-electron chi connectivity index (χ3n) is 3.36. The predicted molar refractivity (Wildman–Crippen MR) is 84.6 cm³/mol. The molecule has 0 aromatic heterocycles. The van der Waals surface area contributed by atoms with Crippen molar-refractivity contribution in [3.8, 4) is 11.5 Å². The number of benzene rings is 1. The number of carbonyl (C=O) groups excluding carboxylic acids is 2. The highest BCUT2D eigenvalue weighted by Crippen LogP contribution is 2.26. The molecule has 1 aromatic rings. The molecular weight excluding hydrogens is 300 g/mol. The fourth-order valence-electron chi connectivity index (χ4n) is 2.07. The number of hydrogen-bond acceptors (Lipinski definition) is 6. The van der Waals surface area contributed by atoms with Crippen molar-refractivity contribution in [2.24, 2.45) is 16.1 Å². The maximum absolute atomic E-state index is 11.8. The molecule has 1 aromatic carbocycles. The molecular formula is C15H18N4O4. The van der Waals surface area contributed by atoms with E-state index >= 15 is 0 Å². The number of methoxy groups -OCH3 is 2. The summed E-state index contributed by atoms with van der Waals surface area (Å²) in [4.78, 5) is 23.3. The lowest BCUT2D eigenvalue weighted by molar-refractivity contribution is -0.127. The lowest BCUT2D eigenvalue weighted by Crippen LogP contribution is -2.29. The first-order chi connectivity index (χ1) is 11.0. The van der Waals surface area contributed by atoms with Crippen LogP contribution in [0.5, 0.6) is 11.5 Å². The summed E-state index contributed by atoms with van der Waals surface area (Å²) in [5.41, 5.74) is 6.05. The van der Waals surface area contributed by atoms with Crippen LogP contribution in [-0.2, 0) is 9.59 Å². The van der Waals surface area contributed by atoms with Crippen LogP contribution in [0.4, 0.5) is 0 Å². The van der Waals surface area contributed by atoms with Gasteiger partial charge < -0.3 is 9.47 Å². The Morgan fingerprint density at radius 1 is 1.39 bits per heavy atom. The molecule has 1 heterocycles. The van der Waals surface area contributed by atoms with Gasteiger partial charge in [-0.25, -0.2) is 10.9 Å². The number of nitrogens with one attached hydrogen (secondary N) is 2. The van der Waals surface area contributed by atoms with E-state index in [9.17, 15) is 9.59 Å². The summed E-state index contributed by atoms with van der Waals surface area (Å²) in [7, 11) is 3.09. The Labute approximate surface area is 133 Å². The molecule has 0 bridgehead atoms. The third kappa shape index (κ3) is 4.06. The Balaban J connectivity index is 1.92. The predicted octanol–water partition coefficient (Wildman–Crippen LogP) is 0.666. The van der Waals surface area contributed by atoms with E-state index in [-0.39, 0.29) is 18.2 Å². The number of hydrogen-bond donors (Lipinski definition) is 2. The fraction of sp³-hybridized carbons (Fsp3) is 0.333. The van der Waals surface area contributed by atoms with Gasteiger partial charge in [0.25, 0.3) is 0 Å². The second kappa shape index (κ2) is 7.39. The van der Waals surface area contributed by atoms with E-state index in [0.717, 1.165) is 5.56 Å². The van der Waals surface area contributed by atoms with Gasteiger partial charge in [-0.05, 0) is 30.7 Å². The summed E-state index contributed by atoms with van der Waals surface area (Å²) in [5, 5.41) is 7.66. The third-order valence-corrected chi connectivity index (χ3v) is 3.36. The molecule has 2 N–H and O–H groups in total. The van der Waals surface area contributed by atoms with E-state index < -0.39 is 5.92 Å². The Kier molecular flexibility index (Phi) is 5.29. The number of amides is 2. The molecule has 2 amide bonds. The molecule has 1 atom stereocenters. The van der Waals surface area contributed by atoms with Crippen molar-refractivity contribution in [3.63, 3.8) is 0 Å². The Bertz CT molecular complexity index is 669. The number of nitrogens with zero attached hydrogens (tertiary/aromatic N) is 2. The molecule has 0 radical (unpaired) electrons. The number of rotatable bonds is 6. The zero-order valence-electron chi connectivity index (χ0n) is 13.1. The molecule has 1 unspecified atom stereocenters. The first-order valence-electron chi connectivity index (χ1n) is 6.93. The molecule has 1 aliphatic heterocycles. The quantitative estimate of drug-likeness (QED) is 0.594. The van der Waals surface area contributed by atoms with Gasteiger partial charge in [-0.3, -0.25) is 9.59 Å². The van der Waals surface area contributed by atoms with E-state index in [2.05, 4.69) is 21.1 Å². The summed E-state index contributed by atoms with van der Waals surface area (Å²) < 4.78 is 10.3. The normalized spacial score (nSPS) is 16.9. The first-order valence-corrected chi connectivity index (χ1v) is 6.93. The van der Waals surface area contributed by atoms with Gasteiger partial charge in [-0.15, -0.1) is 0 Å². The van der Waals surface area contributed by atoms with Gasteiger partial charge in [0, 0.05) is 12.1 Å². The highest BCUT2D eigenvalue weighted by atomic mass is 16.5. The van der Waals surface area contributed by atoms with Crippen LogP contribution in [0, 0.1) is 5.92 Å². The lowest BCUT2D eigenvalue weighted by Gasteiger charge is -2.07. The van der Waals surface area contributed by atoms with Crippen molar-refractivity contribution in [2.75, 3.05) is 14.2 Å². The van der Waals surface area contributed by atoms with Gasteiger partial charge in [-0.1, -0.05) is 0 Å². The summed E-state index contributed by atoms with van der Waals surface area (Å²) >= 11 is 0. The molecule has 1 aliphatic rings. The first kappa shape index (κ1) is 16.5. The van der Waals surface area contributed by atoms with Gasteiger partial charge >= 0.3 is 0 Å². The Morgan fingerprint density at radius 2 is 2.13 bits per heavy atom. The van der Waals surface area contributed by atoms with Crippen molar-refractivity contribution in [1.29, 1.82) is 0 Å². The van der Waals surface area contributed by atoms with Gasteiger partial charge in [0.2, 0.25) is 11.8 Å². The van der Waals surface area contributed by atoms with Crippen molar-refractivity contribution >= 4 is 23.7 Å². The zero-order valence-corrected chi connectivity index (χ0v) is 13.1. The molecule has 2 rings (SSSR count). The van der Waals surface area contributed by atoms with Crippen LogP contribution < -0.4 is 20.3 Å². The van der Waals surface area contributed by atoms with E-state index in [1.54, 1.807) is 32.2 Å². The highest BCUT2D eigenvalue weighted by molar-refractivity contribution is 6.09. The van der Waals surface area contributed by atoms with Crippen LogP contribution in [0.15, 0.2) is 28.4 Å². The van der Waals surface area contributed by atoms with E-state index in [0.29, 0.717) is 17.2 Å². The maximum Gasteiger partial charge on any atom is 0.249 e. The monoisotopic (exact) mass is 318 g/mol. The summed E-state index contributed by atoms with van der Waals surface area (Å²) in [6.45, 7) is 1.70. The van der Waals surface area contributed by atoms with Crippen LogP contribution in [0.1, 0.15) is 18.9 Å². The Morgan fingerprint density at radius 3 is 2.74 bits per heavy atom. The number of hydrazone groups is 2. The highest BCUT2D eigenvalue weighted by Gasteiger charge is 2.28. The smallest absolute Gasteiger partial charge is 0.249 e. The molecule has 0 fully saturated rings. The average Bonchev–Trinajstić information content (AvgIpc) is 2.86. The minimum atomic E-state index is -0.536. The van der Waals surface area contributed by atoms with Crippen LogP contribution in [0.2, 0.25) is 0 Å². The number of carbonyl (C=O) groups is 2. The molecule has 23 heavy (non-hydrogen) atoms. The SMILES string of the molecule is COc1ccc(/C=N/NC(=O)CC2C(=O)NN=C2C)cc1OC. The lowest BCUT2D eigenvalue weighted by atomic mass is 10.0. The van der Waals surface area contributed by atoms with Crippen LogP contribution in [0.25, 0.3) is 0 Å². The van der Waals surface area contributed by atoms with Crippen molar-refractivity contribution in [3.05, 3.63) is 23.8 Å². The number of ether oxygens (including phenoxy) is 2. The van der Waals surface area contributed by atoms with Crippen LogP contribution in [0.3, 0.4) is 0 Å². The van der Waals surface area contributed by atoms with Crippen molar-refractivity contribution in [2.45, 2.75) is 13.3 Å². The van der Waals surface area contributed by atoms with Crippen molar-refractivity contribution < 1.29 is 19.1 Å². The minimum Gasteiger partial charge on any atom is -0.493 e. The largest absolute Gasteiger partial charge is 0.493 e. The fourth-order valence-corrected chi connectivity index (χ4v) is 2.07. The molecule has 0 aliphatic carbocycles. The van der Waals surface area contributed by atoms with Crippen LogP contribution >= 0.6 is 0 Å². The van der Waals surface area contributed by atoms with Crippen molar-refractivity contribution in [1.82, 2.24) is 10.9 Å². The second-order valence-electron chi connectivity index (χ2n) is 4.89. The Hall–Kier alpha value is -2.90. The molecule has 0 saturated heterocycles. The average molecular weight is 318 g/mol. The molecule has 8 nitrogen and oxygen atoms in total. The topological polar surface area (TPSA) is 101 Å². The van der Waals surface area contributed by atoms with E-state index in [1.807, 2.05) is 0 Å². The minimum absolute atomic E-state index is 0.00441. The van der Waals surface area contributed by atoms with Gasteiger partial charge in [0.15, 0.2) is 11.5 Å². The summed E-state index contributed by atoms with van der Waals surface area (Å²) in [6, 6.07) is 5.25. The molecule has 8 heteroatoms. The van der Waals surface area contributed by atoms with E-state index in [4.69, 9.17) is 9.47 Å². The maximum atomic E-state index is 11.8. The summed E-state index contributed by atoms with van der Waals surface area (Å²) in [5.74, 6) is -0.000870. The standard InChI is InChI=1S/C15H18N4O4/c1-9-11(15(21)19-17-9)7-14(20)18-16-8-10-4-5-12(22-2)13(6-10)23-3/h4-6,8,11H,7H2,1-3H3,(H,18,20)(H,19,21)/b16-8+. The van der Waals surface area contributed by atoms with Crippen LogP contribution in [-0.4, -0.2) is 38.0 Å². The molecule has 122 valence electrons. The second-order valence-corrected chi connectivity index (χ2v) is 4.89. The van der Waals surface area contributed by atoms with Gasteiger partial charge in [0.1, 0.15) is 0 Å². The van der Waals surface area contributed by atoms with E-state index in [1.165, 1.54) is 13.3 Å². The molecule has 0 spiro atoms. The van der Waals surface area contributed by atoms with Gasteiger partial charge in [0.05, 0.1) is 26.4 Å².